The SMILES string of the molecule is C#CCCCc1ccccc1C1=C(CCCC)C(CCCC)=C(c2ccccc2CCCC#C)[N+]1=[N-].Cc1cc[c-]cc1.Cc1cc[c-]cc1.[Pd+2]. The molecule has 0 atom stereocenters. The molecule has 0 spiro atoms. The number of rotatable bonds is 14. The molecular weight excluding hydrogens is 711 g/mol. The first-order valence-corrected chi connectivity index (χ1v) is 18.3. The molecule has 1 aliphatic heterocycles. The van der Waals surface area contributed by atoms with Gasteiger partial charge in [-0.1, -0.05) is 76.9 Å². The monoisotopic (exact) mass is 764 g/mol. The van der Waals surface area contributed by atoms with Gasteiger partial charge in [-0.05, 0) is 74.6 Å². The Balaban J connectivity index is 0.000000494. The van der Waals surface area contributed by atoms with Crippen molar-refractivity contribution in [1.29, 1.82) is 0 Å². The van der Waals surface area contributed by atoms with Gasteiger partial charge in [0.15, 0.2) is 0 Å². The Kier molecular flexibility index (Phi) is 20.9. The topological polar surface area (TPSA) is 25.3 Å². The summed E-state index contributed by atoms with van der Waals surface area (Å²) in [7, 11) is 0. The fourth-order valence-electron chi connectivity index (χ4n) is 6.09. The van der Waals surface area contributed by atoms with Crippen molar-refractivity contribution in [2.75, 3.05) is 0 Å². The van der Waals surface area contributed by atoms with Crippen molar-refractivity contribution < 1.29 is 25.1 Å². The van der Waals surface area contributed by atoms with Gasteiger partial charge in [-0.25, -0.2) is 4.70 Å². The molecule has 0 N–H and O–H groups in total. The molecule has 2 nitrogen and oxygen atoms in total. The molecule has 5 rings (SSSR count). The van der Waals surface area contributed by atoms with E-state index in [1.807, 2.05) is 48.5 Å². The van der Waals surface area contributed by atoms with E-state index in [4.69, 9.17) is 12.8 Å². The summed E-state index contributed by atoms with van der Waals surface area (Å²) >= 11 is 0. The Labute approximate surface area is 323 Å². The van der Waals surface area contributed by atoms with Crippen LogP contribution in [-0.4, -0.2) is 4.70 Å². The predicted octanol–water partition coefficient (Wildman–Crippen LogP) is 12.7. The van der Waals surface area contributed by atoms with E-state index >= 15 is 0 Å². The standard InChI is InChI=1S/C34H40N2.2C7H7.Pd/c1-5-9-13-19-27-21-15-17-25-29(27)33-31(23-11-7-3)32(24-12-8-4)34(36(33)35)30-26-18-16-22-28(30)20-14-10-6-2;2*1-7-5-3-2-4-6-7;/h1-2,15-18,21-22,25-26H,7-14,19-20,23-24H2,3-4H3;2*3-6H,1H3;/q;2*-1;+2. The fourth-order valence-corrected chi connectivity index (χ4v) is 6.09. The molecule has 1 heterocycles. The van der Waals surface area contributed by atoms with E-state index in [1.165, 1.54) is 38.1 Å². The van der Waals surface area contributed by atoms with Gasteiger partial charge in [-0.15, -0.1) is 24.7 Å². The number of unbranched alkanes of at least 4 members (excludes halogenated alkanes) is 4. The number of nitrogens with zero attached hydrogens (tertiary/aromatic N) is 2. The molecule has 0 fully saturated rings. The van der Waals surface area contributed by atoms with Crippen LogP contribution in [0.4, 0.5) is 0 Å². The first kappa shape index (κ1) is 42.9. The number of aryl methyl sites for hydroxylation is 4. The summed E-state index contributed by atoms with van der Waals surface area (Å²) in [5.41, 5.74) is 23.8. The first-order valence-electron chi connectivity index (χ1n) is 18.3. The number of hydrogen-bond acceptors (Lipinski definition) is 0. The first-order chi connectivity index (χ1) is 24.5. The largest absolute Gasteiger partial charge is 2.00 e. The second-order valence-electron chi connectivity index (χ2n) is 12.8. The van der Waals surface area contributed by atoms with Crippen molar-refractivity contribution in [3.05, 3.63) is 159 Å². The van der Waals surface area contributed by atoms with E-state index in [0.29, 0.717) is 0 Å². The molecular formula is C48H54N2Pd. The van der Waals surface area contributed by atoms with Crippen LogP contribution in [0.25, 0.3) is 16.9 Å². The van der Waals surface area contributed by atoms with Crippen LogP contribution in [0.1, 0.15) is 111 Å². The molecule has 0 saturated heterocycles. The summed E-state index contributed by atoms with van der Waals surface area (Å²) in [6.07, 6.45) is 22.6. The molecule has 51 heavy (non-hydrogen) atoms. The minimum absolute atomic E-state index is 0. The minimum atomic E-state index is 0. The van der Waals surface area contributed by atoms with Gasteiger partial charge in [-0.2, -0.15) is 71.8 Å². The Hall–Kier alpha value is -4.26. The van der Waals surface area contributed by atoms with E-state index in [9.17, 15) is 5.53 Å². The van der Waals surface area contributed by atoms with E-state index in [2.05, 4.69) is 100 Å². The molecule has 3 heteroatoms. The average molecular weight is 765 g/mol. The Morgan fingerprint density at radius 3 is 1.25 bits per heavy atom. The summed E-state index contributed by atoms with van der Waals surface area (Å²) in [4.78, 5) is 0. The van der Waals surface area contributed by atoms with Gasteiger partial charge in [0, 0.05) is 35.1 Å². The molecule has 1 aliphatic rings. The molecule has 0 aliphatic carbocycles. The van der Waals surface area contributed by atoms with Crippen LogP contribution in [0.2, 0.25) is 0 Å². The van der Waals surface area contributed by atoms with Crippen LogP contribution in [0.5, 0.6) is 0 Å². The van der Waals surface area contributed by atoms with Gasteiger partial charge in [0.25, 0.3) is 0 Å². The van der Waals surface area contributed by atoms with Crippen LogP contribution in [0.3, 0.4) is 0 Å². The molecule has 0 bridgehead atoms. The number of benzene rings is 4. The molecule has 0 saturated carbocycles. The van der Waals surface area contributed by atoms with E-state index in [0.717, 1.165) is 99.6 Å². The third kappa shape index (κ3) is 13.8. The maximum Gasteiger partial charge on any atom is 2.00 e. The normalized spacial score (nSPS) is 11.8. The maximum atomic E-state index is 11.9. The zero-order chi connectivity index (χ0) is 36.0. The summed E-state index contributed by atoms with van der Waals surface area (Å²) in [5, 5.41) is 0. The van der Waals surface area contributed by atoms with Gasteiger partial charge in [0.1, 0.15) is 0 Å². The maximum absolute atomic E-state index is 11.9. The zero-order valence-electron chi connectivity index (χ0n) is 31.1. The van der Waals surface area contributed by atoms with Crippen molar-refractivity contribution in [2.45, 2.75) is 105 Å². The molecule has 0 unspecified atom stereocenters. The number of allylic oxidation sites excluding steroid dienone is 2. The molecule has 0 amide bonds. The predicted molar refractivity (Wildman–Crippen MR) is 213 cm³/mol. The van der Waals surface area contributed by atoms with Crippen LogP contribution < -0.4 is 0 Å². The second-order valence-corrected chi connectivity index (χ2v) is 12.8. The molecule has 0 radical (unpaired) electrons. The van der Waals surface area contributed by atoms with Gasteiger partial charge in [0.05, 0.1) is 0 Å². The van der Waals surface area contributed by atoms with Crippen LogP contribution >= 0.6 is 0 Å². The number of hydrogen-bond donors (Lipinski definition) is 0. The third-order valence-corrected chi connectivity index (χ3v) is 8.77. The smallest absolute Gasteiger partial charge is 0.493 e. The zero-order valence-corrected chi connectivity index (χ0v) is 32.6. The molecule has 4 aromatic carbocycles. The van der Waals surface area contributed by atoms with Gasteiger partial charge in [-0.3, -0.25) is 0 Å². The summed E-state index contributed by atoms with van der Waals surface area (Å²) in [5.74, 6) is 5.53. The molecule has 4 aromatic rings. The summed E-state index contributed by atoms with van der Waals surface area (Å²) in [6.45, 7) is 8.59. The Morgan fingerprint density at radius 2 is 0.941 bits per heavy atom. The van der Waals surface area contributed by atoms with Gasteiger partial charge >= 0.3 is 20.4 Å². The molecule has 0 aromatic heterocycles. The number of terminal acetylenes is 2. The average Bonchev–Trinajstić information content (AvgIpc) is 3.41. The van der Waals surface area contributed by atoms with Crippen molar-refractivity contribution in [2.24, 2.45) is 0 Å². The quantitative estimate of drug-likeness (QED) is 0.0402. The van der Waals surface area contributed by atoms with E-state index in [1.54, 1.807) is 0 Å². The summed E-state index contributed by atoms with van der Waals surface area (Å²) < 4.78 is 1.51. The van der Waals surface area contributed by atoms with Gasteiger partial charge < -0.3 is 5.53 Å². The van der Waals surface area contributed by atoms with Gasteiger partial charge in [0.2, 0.25) is 11.4 Å². The summed E-state index contributed by atoms with van der Waals surface area (Å²) in [6, 6.07) is 38.6. The second kappa shape index (κ2) is 24.8. The van der Waals surface area contributed by atoms with Crippen LogP contribution in [0.15, 0.2) is 108 Å². The van der Waals surface area contributed by atoms with Crippen LogP contribution in [-0.2, 0) is 33.3 Å². The van der Waals surface area contributed by atoms with Crippen LogP contribution in [0, 0.1) is 50.7 Å². The van der Waals surface area contributed by atoms with E-state index in [-0.39, 0.29) is 20.4 Å². The van der Waals surface area contributed by atoms with E-state index < -0.39 is 0 Å². The minimum Gasteiger partial charge on any atom is -0.493 e. The fraction of sp³-hybridized carbons (Fsp3) is 0.333. The van der Waals surface area contributed by atoms with Crippen molar-refractivity contribution in [3.8, 4) is 24.7 Å². The van der Waals surface area contributed by atoms with Crippen molar-refractivity contribution >= 4 is 11.4 Å². The molecule has 266 valence electrons. The van der Waals surface area contributed by atoms with Crippen molar-refractivity contribution in [3.63, 3.8) is 0 Å². The third-order valence-electron chi connectivity index (χ3n) is 8.77. The Morgan fingerprint density at radius 1 is 0.569 bits per heavy atom. The Bertz CT molecular complexity index is 1640. The van der Waals surface area contributed by atoms with Crippen molar-refractivity contribution in [1.82, 2.24) is 0 Å².